The molecule has 0 aliphatic carbocycles. The van der Waals surface area contributed by atoms with Crippen molar-refractivity contribution in [2.24, 2.45) is 5.10 Å². The zero-order valence-electron chi connectivity index (χ0n) is 15.2. The fraction of sp³-hybridized carbons (Fsp3) is 0.100. The summed E-state index contributed by atoms with van der Waals surface area (Å²) >= 11 is 6.95. The average Bonchev–Trinajstić information content (AvgIpc) is 2.71. The maximum Gasteiger partial charge on any atom is 0.277 e. The van der Waals surface area contributed by atoms with Gasteiger partial charge in [0, 0.05) is 22.2 Å². The molecule has 0 heterocycles. The normalized spacial score (nSPS) is 11.3. The second-order valence-electron chi connectivity index (χ2n) is 6.07. The van der Waals surface area contributed by atoms with Gasteiger partial charge in [0.1, 0.15) is 5.75 Å². The molecule has 1 amide bonds. The van der Waals surface area contributed by atoms with Crippen LogP contribution in [-0.4, -0.2) is 23.1 Å². The van der Waals surface area contributed by atoms with E-state index in [1.165, 1.54) is 12.1 Å². The van der Waals surface area contributed by atoms with E-state index in [1.54, 1.807) is 25.1 Å². The van der Waals surface area contributed by atoms with Gasteiger partial charge in [0.05, 0.1) is 15.1 Å². The number of nitrogens with one attached hydrogen (secondary N) is 1. The Bertz CT molecular complexity index is 1130. The van der Waals surface area contributed by atoms with Crippen molar-refractivity contribution in [2.75, 3.05) is 6.61 Å². The third kappa shape index (κ3) is 5.18. The van der Waals surface area contributed by atoms with Crippen molar-refractivity contribution in [2.45, 2.75) is 6.92 Å². The number of benzene rings is 3. The van der Waals surface area contributed by atoms with Crippen molar-refractivity contribution in [1.82, 2.24) is 5.43 Å². The lowest BCUT2D eigenvalue weighted by Gasteiger charge is -2.10. The third-order valence-electron chi connectivity index (χ3n) is 4.06. The SMILES string of the molecule is CC(=NNC(=O)COc1ccc2cc(Br)ccc2c1Br)c1cccc([N+](=O)[O-])c1. The molecule has 0 aromatic heterocycles. The molecule has 0 radical (unpaired) electrons. The lowest BCUT2D eigenvalue weighted by atomic mass is 10.1. The summed E-state index contributed by atoms with van der Waals surface area (Å²) in [6.07, 6.45) is 0. The van der Waals surface area contributed by atoms with Crippen molar-refractivity contribution in [3.05, 3.63) is 79.2 Å². The number of hydrogen-bond donors (Lipinski definition) is 1. The van der Waals surface area contributed by atoms with Crippen molar-refractivity contribution >= 4 is 59.9 Å². The number of rotatable bonds is 6. The fourth-order valence-corrected chi connectivity index (χ4v) is 3.57. The van der Waals surface area contributed by atoms with Gasteiger partial charge in [-0.15, -0.1) is 0 Å². The summed E-state index contributed by atoms with van der Waals surface area (Å²) in [6, 6.07) is 15.6. The molecule has 9 heteroatoms. The van der Waals surface area contributed by atoms with E-state index in [4.69, 9.17) is 4.74 Å². The van der Waals surface area contributed by atoms with Gasteiger partial charge in [-0.1, -0.05) is 40.2 Å². The molecular weight excluding hydrogens is 506 g/mol. The van der Waals surface area contributed by atoms with Crippen LogP contribution in [0.4, 0.5) is 5.69 Å². The Hall–Kier alpha value is -2.78. The van der Waals surface area contributed by atoms with Crippen LogP contribution >= 0.6 is 31.9 Å². The number of carbonyl (C=O) groups excluding carboxylic acids is 1. The molecule has 148 valence electrons. The summed E-state index contributed by atoms with van der Waals surface area (Å²) < 4.78 is 7.33. The zero-order chi connectivity index (χ0) is 21.0. The number of fused-ring (bicyclic) bond motifs is 1. The number of non-ortho nitro benzene ring substituents is 1. The van der Waals surface area contributed by atoms with E-state index in [2.05, 4.69) is 42.4 Å². The Morgan fingerprint density at radius 3 is 2.72 bits per heavy atom. The molecule has 3 rings (SSSR count). The van der Waals surface area contributed by atoms with E-state index < -0.39 is 10.8 Å². The van der Waals surface area contributed by atoms with Gasteiger partial charge in [0.15, 0.2) is 6.61 Å². The van der Waals surface area contributed by atoms with Crippen LogP contribution < -0.4 is 10.2 Å². The molecule has 3 aromatic rings. The standard InChI is InChI=1S/C20H15Br2N3O4/c1-12(13-3-2-4-16(10-13)25(27)28)23-24-19(26)11-29-18-8-5-14-9-15(21)6-7-17(14)20(18)22/h2-10H,11H2,1H3,(H,24,26). The van der Waals surface area contributed by atoms with Gasteiger partial charge in [-0.25, -0.2) is 5.43 Å². The summed E-state index contributed by atoms with van der Waals surface area (Å²) in [5.74, 6) is 0.0898. The minimum atomic E-state index is -0.483. The molecule has 0 atom stereocenters. The molecule has 0 saturated heterocycles. The Morgan fingerprint density at radius 2 is 1.97 bits per heavy atom. The molecular formula is C20H15Br2N3O4. The van der Waals surface area contributed by atoms with Gasteiger partial charge in [0.25, 0.3) is 11.6 Å². The molecule has 7 nitrogen and oxygen atoms in total. The van der Waals surface area contributed by atoms with Crippen molar-refractivity contribution < 1.29 is 14.5 Å². The van der Waals surface area contributed by atoms with Gasteiger partial charge in [-0.3, -0.25) is 14.9 Å². The van der Waals surface area contributed by atoms with E-state index in [1.807, 2.05) is 24.3 Å². The number of halogens is 2. The highest BCUT2D eigenvalue weighted by Crippen LogP contribution is 2.34. The molecule has 0 aliphatic rings. The van der Waals surface area contributed by atoms with Crippen LogP contribution in [0.15, 0.2) is 68.6 Å². The van der Waals surface area contributed by atoms with Gasteiger partial charge in [-0.05, 0) is 51.8 Å². The Kier molecular flexibility index (Phi) is 6.60. The summed E-state index contributed by atoms with van der Waals surface area (Å²) in [6.45, 7) is 1.42. The van der Waals surface area contributed by atoms with Crippen LogP contribution in [0.1, 0.15) is 12.5 Å². The minimum absolute atomic E-state index is 0.0418. The van der Waals surface area contributed by atoms with Crippen LogP contribution in [-0.2, 0) is 4.79 Å². The van der Waals surface area contributed by atoms with Crippen LogP contribution in [0.3, 0.4) is 0 Å². The highest BCUT2D eigenvalue weighted by Gasteiger charge is 2.10. The van der Waals surface area contributed by atoms with Crippen molar-refractivity contribution in [3.8, 4) is 5.75 Å². The first-order chi connectivity index (χ1) is 13.8. The van der Waals surface area contributed by atoms with Crippen LogP contribution in [0, 0.1) is 10.1 Å². The van der Waals surface area contributed by atoms with Crippen molar-refractivity contribution in [1.29, 1.82) is 0 Å². The van der Waals surface area contributed by atoms with Crippen LogP contribution in [0.2, 0.25) is 0 Å². The van der Waals surface area contributed by atoms with Crippen LogP contribution in [0.5, 0.6) is 5.75 Å². The lowest BCUT2D eigenvalue weighted by Crippen LogP contribution is -2.25. The van der Waals surface area contributed by atoms with Gasteiger partial charge in [0.2, 0.25) is 0 Å². The Balaban J connectivity index is 1.64. The van der Waals surface area contributed by atoms with Gasteiger partial charge < -0.3 is 4.74 Å². The van der Waals surface area contributed by atoms with E-state index in [0.29, 0.717) is 17.0 Å². The minimum Gasteiger partial charge on any atom is -0.483 e. The Morgan fingerprint density at radius 1 is 1.17 bits per heavy atom. The molecule has 0 aliphatic heterocycles. The molecule has 0 unspecified atom stereocenters. The third-order valence-corrected chi connectivity index (χ3v) is 5.37. The van der Waals surface area contributed by atoms with E-state index in [9.17, 15) is 14.9 Å². The van der Waals surface area contributed by atoms with Crippen molar-refractivity contribution in [3.63, 3.8) is 0 Å². The largest absolute Gasteiger partial charge is 0.483 e. The number of hydrogen-bond acceptors (Lipinski definition) is 5. The summed E-state index contributed by atoms with van der Waals surface area (Å²) in [5, 5.41) is 16.8. The zero-order valence-corrected chi connectivity index (χ0v) is 18.4. The average molecular weight is 521 g/mol. The number of nitro benzene ring substituents is 1. The fourth-order valence-electron chi connectivity index (χ4n) is 2.59. The first-order valence-corrected chi connectivity index (χ1v) is 10.0. The monoisotopic (exact) mass is 519 g/mol. The quantitative estimate of drug-likeness (QED) is 0.275. The van der Waals surface area contributed by atoms with E-state index in [0.717, 1.165) is 19.7 Å². The summed E-state index contributed by atoms with van der Waals surface area (Å²) in [4.78, 5) is 22.5. The number of ether oxygens (including phenoxy) is 1. The predicted molar refractivity (Wildman–Crippen MR) is 118 cm³/mol. The lowest BCUT2D eigenvalue weighted by molar-refractivity contribution is -0.384. The molecule has 0 fully saturated rings. The van der Waals surface area contributed by atoms with Crippen LogP contribution in [0.25, 0.3) is 10.8 Å². The topological polar surface area (TPSA) is 93.8 Å². The molecule has 29 heavy (non-hydrogen) atoms. The number of nitro groups is 1. The number of nitrogens with zero attached hydrogens (tertiary/aromatic N) is 2. The second kappa shape index (κ2) is 9.15. The van der Waals surface area contributed by atoms with E-state index in [-0.39, 0.29) is 12.3 Å². The van der Waals surface area contributed by atoms with Gasteiger partial charge >= 0.3 is 0 Å². The molecule has 0 bridgehead atoms. The highest BCUT2D eigenvalue weighted by molar-refractivity contribution is 9.11. The first kappa shape index (κ1) is 20.9. The number of carbonyl (C=O) groups is 1. The Labute approximate surface area is 183 Å². The molecule has 1 N–H and O–H groups in total. The summed E-state index contributed by atoms with van der Waals surface area (Å²) in [7, 11) is 0. The maximum atomic E-state index is 12.1. The summed E-state index contributed by atoms with van der Waals surface area (Å²) in [5.41, 5.74) is 3.34. The number of hydrazone groups is 1. The predicted octanol–water partition coefficient (Wildman–Crippen LogP) is 5.19. The number of amides is 1. The molecule has 0 spiro atoms. The van der Waals surface area contributed by atoms with Gasteiger partial charge in [-0.2, -0.15) is 5.10 Å². The molecule has 3 aromatic carbocycles. The molecule has 0 saturated carbocycles. The highest BCUT2D eigenvalue weighted by atomic mass is 79.9. The smallest absolute Gasteiger partial charge is 0.277 e. The second-order valence-corrected chi connectivity index (χ2v) is 7.78. The van der Waals surface area contributed by atoms with E-state index >= 15 is 0 Å². The first-order valence-electron chi connectivity index (χ1n) is 8.43. The maximum absolute atomic E-state index is 12.1.